The maximum Gasteiger partial charge on any atom is 0.387 e. The molecule has 0 N–H and O–H groups in total. The third kappa shape index (κ3) is 4.19. The molecule has 1 aromatic rings. The largest absolute Gasteiger partial charge is 0.435 e. The third-order valence-electron chi connectivity index (χ3n) is 1.96. The van der Waals surface area contributed by atoms with E-state index in [0.29, 0.717) is 0 Å². The van der Waals surface area contributed by atoms with E-state index in [0.717, 1.165) is 10.6 Å². The molecule has 16 heavy (non-hydrogen) atoms. The van der Waals surface area contributed by atoms with Crippen molar-refractivity contribution in [1.29, 1.82) is 0 Å². The molecular formula is C12H13ClF2O. The molecule has 0 aromatic heterocycles. The minimum Gasteiger partial charge on any atom is -0.435 e. The SMILES string of the molecule is CC(C)/C(Cl)=C/c1ccc(OC(F)F)cc1. The quantitative estimate of drug-likeness (QED) is 0.759. The van der Waals surface area contributed by atoms with Crippen molar-refractivity contribution in [2.45, 2.75) is 20.5 Å². The lowest BCUT2D eigenvalue weighted by Gasteiger charge is -2.05. The van der Waals surface area contributed by atoms with Crippen molar-refractivity contribution in [2.75, 3.05) is 0 Å². The summed E-state index contributed by atoms with van der Waals surface area (Å²) in [6.07, 6.45) is 1.80. The van der Waals surface area contributed by atoms with Crippen LogP contribution < -0.4 is 4.74 Å². The average Bonchev–Trinajstić information content (AvgIpc) is 2.20. The maximum absolute atomic E-state index is 11.9. The molecule has 0 fully saturated rings. The van der Waals surface area contributed by atoms with Crippen molar-refractivity contribution in [3.05, 3.63) is 34.9 Å². The minimum absolute atomic E-state index is 0.146. The third-order valence-corrected chi connectivity index (χ3v) is 2.51. The summed E-state index contributed by atoms with van der Waals surface area (Å²) in [6, 6.07) is 6.34. The molecule has 1 aromatic carbocycles. The second kappa shape index (κ2) is 5.85. The van der Waals surface area contributed by atoms with Crippen LogP contribution in [0.3, 0.4) is 0 Å². The zero-order valence-electron chi connectivity index (χ0n) is 9.08. The molecule has 0 unspecified atom stereocenters. The van der Waals surface area contributed by atoms with Crippen LogP contribution >= 0.6 is 11.6 Å². The Morgan fingerprint density at radius 3 is 2.25 bits per heavy atom. The Kier molecular flexibility index (Phi) is 4.74. The molecule has 0 amide bonds. The molecule has 1 rings (SSSR count). The van der Waals surface area contributed by atoms with Gasteiger partial charge in [0.2, 0.25) is 0 Å². The lowest BCUT2D eigenvalue weighted by atomic mass is 10.1. The van der Waals surface area contributed by atoms with E-state index in [1.54, 1.807) is 18.2 Å². The number of hydrogen-bond acceptors (Lipinski definition) is 1. The number of benzene rings is 1. The van der Waals surface area contributed by atoms with Gasteiger partial charge in [-0.1, -0.05) is 37.6 Å². The van der Waals surface area contributed by atoms with Crippen LogP contribution in [0.25, 0.3) is 6.08 Å². The molecule has 0 aliphatic rings. The van der Waals surface area contributed by atoms with Crippen LogP contribution in [0.15, 0.2) is 29.3 Å². The van der Waals surface area contributed by atoms with Crippen LogP contribution in [-0.4, -0.2) is 6.61 Å². The van der Waals surface area contributed by atoms with Crippen molar-refractivity contribution in [1.82, 2.24) is 0 Å². The number of halogens is 3. The molecular weight excluding hydrogens is 234 g/mol. The maximum atomic E-state index is 11.9. The molecule has 0 saturated heterocycles. The lowest BCUT2D eigenvalue weighted by molar-refractivity contribution is -0.0498. The molecule has 0 atom stereocenters. The molecule has 0 radical (unpaired) electrons. The summed E-state index contributed by atoms with van der Waals surface area (Å²) in [6.45, 7) is 1.17. The van der Waals surface area contributed by atoms with Gasteiger partial charge in [-0.3, -0.25) is 0 Å². The summed E-state index contributed by atoms with van der Waals surface area (Å²) in [7, 11) is 0. The van der Waals surface area contributed by atoms with Gasteiger partial charge >= 0.3 is 6.61 Å². The number of rotatable bonds is 4. The van der Waals surface area contributed by atoms with Gasteiger partial charge in [-0.2, -0.15) is 8.78 Å². The van der Waals surface area contributed by atoms with Crippen LogP contribution in [0, 0.1) is 5.92 Å². The Labute approximate surface area is 98.7 Å². The van der Waals surface area contributed by atoms with Gasteiger partial charge in [0.05, 0.1) is 0 Å². The van der Waals surface area contributed by atoms with Crippen molar-refractivity contribution < 1.29 is 13.5 Å². The fraction of sp³-hybridized carbons (Fsp3) is 0.333. The first-order valence-electron chi connectivity index (χ1n) is 4.91. The highest BCUT2D eigenvalue weighted by molar-refractivity contribution is 6.31. The zero-order chi connectivity index (χ0) is 12.1. The van der Waals surface area contributed by atoms with Crippen LogP contribution in [0.1, 0.15) is 19.4 Å². The highest BCUT2D eigenvalue weighted by Gasteiger charge is 2.03. The Morgan fingerprint density at radius 1 is 1.25 bits per heavy atom. The van der Waals surface area contributed by atoms with Gasteiger partial charge in [0, 0.05) is 5.03 Å². The van der Waals surface area contributed by atoms with E-state index >= 15 is 0 Å². The van der Waals surface area contributed by atoms with E-state index in [4.69, 9.17) is 11.6 Å². The average molecular weight is 247 g/mol. The van der Waals surface area contributed by atoms with Gasteiger partial charge in [-0.25, -0.2) is 0 Å². The number of ether oxygens (including phenoxy) is 1. The summed E-state index contributed by atoms with van der Waals surface area (Å²) in [5.41, 5.74) is 0.861. The molecule has 0 spiro atoms. The smallest absolute Gasteiger partial charge is 0.387 e. The number of allylic oxidation sites excluding steroid dienone is 1. The first-order chi connectivity index (χ1) is 7.49. The summed E-state index contributed by atoms with van der Waals surface area (Å²) >= 11 is 5.98. The molecule has 0 bridgehead atoms. The Balaban J connectivity index is 2.75. The van der Waals surface area contributed by atoms with Crippen LogP contribution in [0.5, 0.6) is 5.75 Å². The number of alkyl halides is 2. The predicted octanol–water partition coefficient (Wildman–Crippen LogP) is 4.52. The minimum atomic E-state index is -2.79. The van der Waals surface area contributed by atoms with E-state index in [2.05, 4.69) is 4.74 Å². The van der Waals surface area contributed by atoms with E-state index in [1.807, 2.05) is 13.8 Å². The summed E-state index contributed by atoms with van der Waals surface area (Å²) < 4.78 is 28.0. The molecule has 1 nitrogen and oxygen atoms in total. The molecule has 0 saturated carbocycles. The second-order valence-corrected chi connectivity index (χ2v) is 4.07. The van der Waals surface area contributed by atoms with Gasteiger partial charge in [-0.05, 0) is 29.7 Å². The van der Waals surface area contributed by atoms with Crippen molar-refractivity contribution in [3.63, 3.8) is 0 Å². The zero-order valence-corrected chi connectivity index (χ0v) is 9.84. The normalized spacial score (nSPS) is 12.3. The van der Waals surface area contributed by atoms with Crippen LogP contribution in [-0.2, 0) is 0 Å². The van der Waals surface area contributed by atoms with Crippen molar-refractivity contribution in [2.24, 2.45) is 5.92 Å². The van der Waals surface area contributed by atoms with Crippen LogP contribution in [0.4, 0.5) is 8.78 Å². The Bertz CT molecular complexity index is 358. The Hall–Kier alpha value is -1.09. The van der Waals surface area contributed by atoms with E-state index in [9.17, 15) is 8.78 Å². The fourth-order valence-corrected chi connectivity index (χ4v) is 1.20. The molecule has 4 heteroatoms. The molecule has 0 heterocycles. The topological polar surface area (TPSA) is 9.23 Å². The Morgan fingerprint density at radius 2 is 1.81 bits per heavy atom. The van der Waals surface area contributed by atoms with E-state index in [1.165, 1.54) is 12.1 Å². The monoisotopic (exact) mass is 246 g/mol. The first-order valence-corrected chi connectivity index (χ1v) is 5.29. The first kappa shape index (κ1) is 13.0. The number of hydrogen-bond donors (Lipinski definition) is 0. The second-order valence-electron chi connectivity index (χ2n) is 3.63. The highest BCUT2D eigenvalue weighted by Crippen LogP contribution is 2.20. The van der Waals surface area contributed by atoms with Crippen LogP contribution in [0.2, 0.25) is 0 Å². The predicted molar refractivity (Wildman–Crippen MR) is 61.7 cm³/mol. The highest BCUT2D eigenvalue weighted by atomic mass is 35.5. The standard InChI is InChI=1S/C12H13ClF2O/c1-8(2)11(13)7-9-3-5-10(6-4-9)16-12(14)15/h3-8,12H,1-2H3/b11-7-. The summed E-state index contributed by atoms with van der Waals surface area (Å²) in [5.74, 6) is 0.395. The van der Waals surface area contributed by atoms with E-state index < -0.39 is 6.61 Å². The van der Waals surface area contributed by atoms with Gasteiger partial charge in [0.15, 0.2) is 0 Å². The van der Waals surface area contributed by atoms with Gasteiger partial charge < -0.3 is 4.74 Å². The van der Waals surface area contributed by atoms with E-state index in [-0.39, 0.29) is 11.7 Å². The summed E-state index contributed by atoms with van der Waals surface area (Å²) in [4.78, 5) is 0. The van der Waals surface area contributed by atoms with Crippen molar-refractivity contribution >= 4 is 17.7 Å². The molecule has 88 valence electrons. The fourth-order valence-electron chi connectivity index (χ4n) is 1.07. The van der Waals surface area contributed by atoms with Gasteiger partial charge in [-0.15, -0.1) is 0 Å². The lowest BCUT2D eigenvalue weighted by Crippen LogP contribution is -2.01. The summed E-state index contributed by atoms with van der Waals surface area (Å²) in [5, 5.41) is 0.725. The van der Waals surface area contributed by atoms with Gasteiger partial charge in [0.1, 0.15) is 5.75 Å². The van der Waals surface area contributed by atoms with Crippen molar-refractivity contribution in [3.8, 4) is 5.75 Å². The molecule has 0 aliphatic heterocycles. The molecule has 0 aliphatic carbocycles. The van der Waals surface area contributed by atoms with Gasteiger partial charge in [0.25, 0.3) is 0 Å².